The lowest BCUT2D eigenvalue weighted by atomic mass is 10.0. The number of nitrogens with one attached hydrogen (secondary N) is 1. The summed E-state index contributed by atoms with van der Waals surface area (Å²) in [7, 11) is 0. The van der Waals surface area contributed by atoms with E-state index in [1.165, 1.54) is 4.68 Å². The molecule has 1 saturated heterocycles. The van der Waals surface area contributed by atoms with Crippen LogP contribution in [0.4, 0.5) is 5.82 Å². The molecule has 0 bridgehead atoms. The number of carbonyl (C=O) groups excluding carboxylic acids is 1. The fourth-order valence-electron chi connectivity index (χ4n) is 3.78. The minimum Gasteiger partial charge on any atom is -0.355 e. The standard InChI is InChI=1S/C22H26N6O3/c1-15(2)28-21(29)9-8-20(25-28)27-11-4-3-7-17(27)14-24-22(30)18-12-19(31-26-18)16-6-5-10-23-13-16/h5-6,8-10,12-13,15,17H,3-4,7,11,14H2,1-2H3,(H,24,30). The lowest BCUT2D eigenvalue weighted by molar-refractivity contribution is 0.0940. The van der Waals surface area contributed by atoms with E-state index in [1.54, 1.807) is 36.7 Å². The molecule has 9 nitrogen and oxygen atoms in total. The topological polar surface area (TPSA) is 106 Å². The van der Waals surface area contributed by atoms with E-state index >= 15 is 0 Å². The average Bonchev–Trinajstić information content (AvgIpc) is 3.29. The van der Waals surface area contributed by atoms with Gasteiger partial charge in [0.05, 0.1) is 6.04 Å². The van der Waals surface area contributed by atoms with Crippen LogP contribution in [0, 0.1) is 0 Å². The van der Waals surface area contributed by atoms with Gasteiger partial charge in [-0.15, -0.1) is 0 Å². The summed E-state index contributed by atoms with van der Waals surface area (Å²) in [6.45, 7) is 5.16. The summed E-state index contributed by atoms with van der Waals surface area (Å²) in [5, 5.41) is 11.4. The highest BCUT2D eigenvalue weighted by Crippen LogP contribution is 2.23. The number of amides is 1. The van der Waals surface area contributed by atoms with Gasteiger partial charge in [0.2, 0.25) is 0 Å². The number of hydrogen-bond acceptors (Lipinski definition) is 7. The van der Waals surface area contributed by atoms with Crippen LogP contribution in [0.25, 0.3) is 11.3 Å². The summed E-state index contributed by atoms with van der Waals surface area (Å²) in [5.41, 5.74) is 0.877. The van der Waals surface area contributed by atoms with Crippen LogP contribution in [0.3, 0.4) is 0 Å². The van der Waals surface area contributed by atoms with Gasteiger partial charge in [-0.2, -0.15) is 5.10 Å². The first-order chi connectivity index (χ1) is 15.0. The minimum atomic E-state index is -0.287. The van der Waals surface area contributed by atoms with Gasteiger partial charge in [-0.3, -0.25) is 14.6 Å². The van der Waals surface area contributed by atoms with E-state index in [0.29, 0.717) is 12.3 Å². The van der Waals surface area contributed by atoms with Crippen LogP contribution in [0.5, 0.6) is 0 Å². The van der Waals surface area contributed by atoms with Crippen molar-refractivity contribution in [3.8, 4) is 11.3 Å². The molecule has 1 amide bonds. The third kappa shape index (κ3) is 4.65. The highest BCUT2D eigenvalue weighted by Gasteiger charge is 2.25. The molecule has 0 saturated carbocycles. The molecule has 1 fully saturated rings. The molecule has 31 heavy (non-hydrogen) atoms. The molecule has 0 spiro atoms. The van der Waals surface area contributed by atoms with Crippen LogP contribution in [0.2, 0.25) is 0 Å². The number of anilines is 1. The van der Waals surface area contributed by atoms with Gasteiger partial charge in [-0.25, -0.2) is 4.68 Å². The number of carbonyl (C=O) groups is 1. The average molecular weight is 422 g/mol. The first-order valence-corrected chi connectivity index (χ1v) is 10.5. The first-order valence-electron chi connectivity index (χ1n) is 10.5. The summed E-state index contributed by atoms with van der Waals surface area (Å²) in [6.07, 6.45) is 6.39. The zero-order valence-corrected chi connectivity index (χ0v) is 17.7. The largest absolute Gasteiger partial charge is 0.355 e. The van der Waals surface area contributed by atoms with Crippen molar-refractivity contribution < 1.29 is 9.32 Å². The number of hydrogen-bond donors (Lipinski definition) is 1. The van der Waals surface area contributed by atoms with Crippen molar-refractivity contribution in [1.82, 2.24) is 25.2 Å². The lowest BCUT2D eigenvalue weighted by Gasteiger charge is -2.36. The van der Waals surface area contributed by atoms with Gasteiger partial charge in [-0.05, 0) is 51.3 Å². The molecule has 162 valence electrons. The van der Waals surface area contributed by atoms with Crippen molar-refractivity contribution in [2.75, 3.05) is 18.0 Å². The first kappa shape index (κ1) is 20.8. The molecule has 4 heterocycles. The second-order valence-corrected chi connectivity index (χ2v) is 7.94. The lowest BCUT2D eigenvalue weighted by Crippen LogP contribution is -2.47. The van der Waals surface area contributed by atoms with Gasteiger partial charge in [-0.1, -0.05) is 5.16 Å². The Hall–Kier alpha value is -3.49. The Bertz CT molecular complexity index is 1090. The van der Waals surface area contributed by atoms with E-state index in [2.05, 4.69) is 25.5 Å². The molecular weight excluding hydrogens is 396 g/mol. The number of nitrogens with zero attached hydrogens (tertiary/aromatic N) is 5. The Kier molecular flexibility index (Phi) is 6.11. The number of rotatable bonds is 6. The number of aromatic nitrogens is 4. The van der Waals surface area contributed by atoms with Crippen LogP contribution in [0.1, 0.15) is 49.6 Å². The summed E-state index contributed by atoms with van der Waals surface area (Å²) in [6, 6.07) is 8.65. The van der Waals surface area contributed by atoms with Crippen molar-refractivity contribution >= 4 is 11.7 Å². The second kappa shape index (κ2) is 9.11. The van der Waals surface area contributed by atoms with E-state index in [0.717, 1.165) is 37.2 Å². The SMILES string of the molecule is CC(C)n1nc(N2CCCCC2CNC(=O)c2cc(-c3cccnc3)on2)ccc1=O. The van der Waals surface area contributed by atoms with Crippen molar-refractivity contribution in [3.63, 3.8) is 0 Å². The van der Waals surface area contributed by atoms with E-state index in [9.17, 15) is 9.59 Å². The predicted molar refractivity (Wildman–Crippen MR) is 116 cm³/mol. The summed E-state index contributed by atoms with van der Waals surface area (Å²) < 4.78 is 6.79. The predicted octanol–water partition coefficient (Wildman–Crippen LogP) is 2.66. The molecule has 1 N–H and O–H groups in total. The number of piperidine rings is 1. The zero-order chi connectivity index (χ0) is 21.8. The van der Waals surface area contributed by atoms with Crippen LogP contribution < -0.4 is 15.8 Å². The summed E-state index contributed by atoms with van der Waals surface area (Å²) in [5.74, 6) is 0.967. The maximum atomic E-state index is 12.6. The Morgan fingerprint density at radius 3 is 2.94 bits per heavy atom. The van der Waals surface area contributed by atoms with Gasteiger partial charge in [0.15, 0.2) is 11.5 Å². The van der Waals surface area contributed by atoms with E-state index < -0.39 is 0 Å². The van der Waals surface area contributed by atoms with E-state index in [4.69, 9.17) is 4.52 Å². The van der Waals surface area contributed by atoms with Gasteiger partial charge < -0.3 is 14.7 Å². The van der Waals surface area contributed by atoms with Gasteiger partial charge in [0.1, 0.15) is 5.82 Å². The smallest absolute Gasteiger partial charge is 0.273 e. The molecule has 9 heteroatoms. The van der Waals surface area contributed by atoms with Crippen molar-refractivity contribution in [3.05, 3.63) is 58.8 Å². The van der Waals surface area contributed by atoms with Crippen LogP contribution in [-0.4, -0.2) is 45.0 Å². The molecule has 0 radical (unpaired) electrons. The normalized spacial score (nSPS) is 16.5. The van der Waals surface area contributed by atoms with Crippen LogP contribution in [0.15, 0.2) is 52.0 Å². The second-order valence-electron chi connectivity index (χ2n) is 7.94. The Morgan fingerprint density at radius 1 is 1.29 bits per heavy atom. The molecule has 0 aliphatic carbocycles. The Morgan fingerprint density at radius 2 is 2.16 bits per heavy atom. The van der Waals surface area contributed by atoms with E-state index in [-0.39, 0.29) is 29.2 Å². The summed E-state index contributed by atoms with van der Waals surface area (Å²) in [4.78, 5) is 30.9. The van der Waals surface area contributed by atoms with Gasteiger partial charge in [0.25, 0.3) is 11.5 Å². The fraction of sp³-hybridized carbons (Fsp3) is 0.409. The van der Waals surface area contributed by atoms with Gasteiger partial charge >= 0.3 is 0 Å². The third-order valence-electron chi connectivity index (χ3n) is 5.41. The Labute approximate surface area is 180 Å². The molecule has 0 aromatic carbocycles. The van der Waals surface area contributed by atoms with Crippen LogP contribution >= 0.6 is 0 Å². The molecule has 1 aliphatic rings. The maximum Gasteiger partial charge on any atom is 0.273 e. The summed E-state index contributed by atoms with van der Waals surface area (Å²) >= 11 is 0. The molecular formula is C22H26N6O3. The van der Waals surface area contributed by atoms with Crippen molar-refractivity contribution in [2.24, 2.45) is 0 Å². The Balaban J connectivity index is 1.44. The highest BCUT2D eigenvalue weighted by atomic mass is 16.5. The van der Waals surface area contributed by atoms with Gasteiger partial charge in [0, 0.05) is 49.2 Å². The molecule has 1 unspecified atom stereocenters. The highest BCUT2D eigenvalue weighted by molar-refractivity contribution is 5.93. The third-order valence-corrected chi connectivity index (χ3v) is 5.41. The van der Waals surface area contributed by atoms with Crippen molar-refractivity contribution in [1.29, 1.82) is 0 Å². The van der Waals surface area contributed by atoms with Crippen LogP contribution in [-0.2, 0) is 0 Å². The molecule has 4 rings (SSSR count). The monoisotopic (exact) mass is 422 g/mol. The zero-order valence-electron chi connectivity index (χ0n) is 17.7. The fourth-order valence-corrected chi connectivity index (χ4v) is 3.78. The molecule has 1 atom stereocenters. The molecule has 3 aromatic heterocycles. The molecule has 1 aliphatic heterocycles. The number of pyridine rings is 1. The quantitative estimate of drug-likeness (QED) is 0.651. The minimum absolute atomic E-state index is 0.0171. The maximum absolute atomic E-state index is 12.6. The van der Waals surface area contributed by atoms with Crippen molar-refractivity contribution in [2.45, 2.75) is 45.2 Å². The van der Waals surface area contributed by atoms with E-state index in [1.807, 2.05) is 19.9 Å². The molecule has 3 aromatic rings.